The van der Waals surface area contributed by atoms with Gasteiger partial charge in [-0.25, -0.2) is 9.96 Å². The molecule has 0 radical (unpaired) electrons. The van der Waals surface area contributed by atoms with Gasteiger partial charge < -0.3 is 4.74 Å². The molecule has 156 valence electrons. The fraction of sp³-hybridized carbons (Fsp3) is 0.200. The van der Waals surface area contributed by atoms with E-state index in [1.165, 1.54) is 4.90 Å². The summed E-state index contributed by atoms with van der Waals surface area (Å²) in [4.78, 5) is 34.2. The molecule has 2 amide bonds. The summed E-state index contributed by atoms with van der Waals surface area (Å²) in [6.45, 7) is 2.02. The number of anilines is 2. The first-order chi connectivity index (χ1) is 15.1. The fourth-order valence-electron chi connectivity index (χ4n) is 4.30. The Hall–Kier alpha value is -3.64. The summed E-state index contributed by atoms with van der Waals surface area (Å²) in [6, 6.07) is 24.1. The second-order valence-corrected chi connectivity index (χ2v) is 7.78. The van der Waals surface area contributed by atoms with E-state index in [2.05, 4.69) is 0 Å². The molecular weight excluding hydrogens is 392 g/mol. The minimum absolute atomic E-state index is 0.260. The molecule has 0 aliphatic carbocycles. The highest BCUT2D eigenvalue weighted by Crippen LogP contribution is 2.47. The SMILES string of the molecule is COc1ccc(N2C(=O)[C@@H]3[C@@H](c4ccc(C)cc4)N(c4ccccc4)O[C@H]3C2=O)cc1. The highest BCUT2D eigenvalue weighted by molar-refractivity contribution is 6.23. The van der Waals surface area contributed by atoms with Crippen LogP contribution in [-0.4, -0.2) is 25.0 Å². The van der Waals surface area contributed by atoms with Crippen LogP contribution in [0.4, 0.5) is 11.4 Å². The van der Waals surface area contributed by atoms with E-state index in [0.717, 1.165) is 16.8 Å². The first-order valence-electron chi connectivity index (χ1n) is 10.2. The van der Waals surface area contributed by atoms with E-state index in [9.17, 15) is 9.59 Å². The van der Waals surface area contributed by atoms with Crippen LogP contribution in [0.1, 0.15) is 17.2 Å². The fourth-order valence-corrected chi connectivity index (χ4v) is 4.30. The molecule has 2 aliphatic rings. The number of rotatable bonds is 4. The molecule has 6 nitrogen and oxygen atoms in total. The number of benzene rings is 3. The molecule has 0 spiro atoms. The lowest BCUT2D eigenvalue weighted by atomic mass is 9.90. The van der Waals surface area contributed by atoms with E-state index in [1.54, 1.807) is 36.4 Å². The first-order valence-corrected chi connectivity index (χ1v) is 10.2. The molecule has 0 bridgehead atoms. The molecule has 0 unspecified atom stereocenters. The van der Waals surface area contributed by atoms with Crippen LogP contribution in [-0.2, 0) is 14.4 Å². The van der Waals surface area contributed by atoms with Crippen molar-refractivity contribution in [2.45, 2.75) is 19.1 Å². The average molecular weight is 414 g/mol. The number of amides is 2. The van der Waals surface area contributed by atoms with Crippen molar-refractivity contribution >= 4 is 23.2 Å². The van der Waals surface area contributed by atoms with Gasteiger partial charge in [0.25, 0.3) is 5.91 Å². The van der Waals surface area contributed by atoms with Crippen molar-refractivity contribution in [1.29, 1.82) is 0 Å². The van der Waals surface area contributed by atoms with Crippen LogP contribution in [0.5, 0.6) is 5.75 Å². The zero-order valence-corrected chi connectivity index (χ0v) is 17.3. The van der Waals surface area contributed by atoms with E-state index in [1.807, 2.05) is 61.5 Å². The number of imide groups is 1. The van der Waals surface area contributed by atoms with Crippen molar-refractivity contribution in [3.63, 3.8) is 0 Å². The van der Waals surface area contributed by atoms with Gasteiger partial charge in [-0.15, -0.1) is 0 Å². The predicted octanol–water partition coefficient (Wildman–Crippen LogP) is 4.05. The molecule has 0 saturated carbocycles. The minimum Gasteiger partial charge on any atom is -0.497 e. The normalized spacial score (nSPS) is 22.7. The monoisotopic (exact) mass is 414 g/mol. The van der Waals surface area contributed by atoms with Crippen LogP contribution in [0.3, 0.4) is 0 Å². The van der Waals surface area contributed by atoms with Crippen molar-refractivity contribution < 1.29 is 19.2 Å². The lowest BCUT2D eigenvalue weighted by Crippen LogP contribution is -2.37. The number of carbonyl (C=O) groups excluding carboxylic acids is 2. The van der Waals surface area contributed by atoms with Crippen LogP contribution >= 0.6 is 0 Å². The maximum absolute atomic E-state index is 13.5. The topological polar surface area (TPSA) is 59.1 Å². The van der Waals surface area contributed by atoms with Crippen molar-refractivity contribution in [3.8, 4) is 5.75 Å². The highest BCUT2D eigenvalue weighted by Gasteiger charge is 2.60. The molecule has 3 aromatic carbocycles. The number of fused-ring (bicyclic) bond motifs is 1. The molecule has 3 atom stereocenters. The van der Waals surface area contributed by atoms with E-state index in [4.69, 9.17) is 9.57 Å². The van der Waals surface area contributed by atoms with Crippen molar-refractivity contribution in [3.05, 3.63) is 90.0 Å². The number of hydroxylamine groups is 1. The molecule has 2 fully saturated rings. The number of aryl methyl sites for hydroxylation is 1. The molecule has 2 aliphatic heterocycles. The third-order valence-corrected chi connectivity index (χ3v) is 5.88. The summed E-state index contributed by atoms with van der Waals surface area (Å²) in [6.07, 6.45) is -0.874. The zero-order chi connectivity index (χ0) is 21.5. The van der Waals surface area contributed by atoms with Crippen molar-refractivity contribution in [1.82, 2.24) is 0 Å². The predicted molar refractivity (Wildman–Crippen MR) is 117 cm³/mol. The second-order valence-electron chi connectivity index (χ2n) is 7.78. The summed E-state index contributed by atoms with van der Waals surface area (Å²) in [5.74, 6) is -0.593. The first kappa shape index (κ1) is 19.3. The smallest absolute Gasteiger partial charge is 0.266 e. The van der Waals surface area contributed by atoms with Gasteiger partial charge in [0.2, 0.25) is 5.91 Å². The third kappa shape index (κ3) is 3.16. The van der Waals surface area contributed by atoms with Crippen molar-refractivity contribution in [2.75, 3.05) is 17.1 Å². The van der Waals surface area contributed by atoms with Crippen LogP contribution in [0.15, 0.2) is 78.9 Å². The molecule has 2 heterocycles. The highest BCUT2D eigenvalue weighted by atomic mass is 16.7. The van der Waals surface area contributed by atoms with Crippen LogP contribution in [0, 0.1) is 12.8 Å². The summed E-state index contributed by atoms with van der Waals surface area (Å²) in [5, 5.41) is 1.71. The Morgan fingerprint density at radius 3 is 2.13 bits per heavy atom. The van der Waals surface area contributed by atoms with Gasteiger partial charge in [-0.05, 0) is 48.9 Å². The van der Waals surface area contributed by atoms with Gasteiger partial charge in [0.05, 0.1) is 24.5 Å². The Labute approximate surface area is 180 Å². The van der Waals surface area contributed by atoms with E-state index in [0.29, 0.717) is 11.4 Å². The summed E-state index contributed by atoms with van der Waals surface area (Å²) >= 11 is 0. The second kappa shape index (κ2) is 7.56. The number of para-hydroxylation sites is 1. The summed E-state index contributed by atoms with van der Waals surface area (Å²) in [7, 11) is 1.57. The van der Waals surface area contributed by atoms with Gasteiger partial charge in [-0.2, -0.15) is 0 Å². The van der Waals surface area contributed by atoms with Crippen LogP contribution < -0.4 is 14.7 Å². The summed E-state index contributed by atoms with van der Waals surface area (Å²) < 4.78 is 5.19. The van der Waals surface area contributed by atoms with Gasteiger partial charge in [0, 0.05) is 0 Å². The van der Waals surface area contributed by atoms with Gasteiger partial charge in [-0.3, -0.25) is 14.4 Å². The molecule has 0 aromatic heterocycles. The number of carbonyl (C=O) groups is 2. The molecule has 0 N–H and O–H groups in total. The van der Waals surface area contributed by atoms with E-state index < -0.39 is 18.1 Å². The summed E-state index contributed by atoms with van der Waals surface area (Å²) in [5.41, 5.74) is 3.38. The maximum Gasteiger partial charge on any atom is 0.266 e. The third-order valence-electron chi connectivity index (χ3n) is 5.88. The van der Waals surface area contributed by atoms with Crippen molar-refractivity contribution in [2.24, 2.45) is 5.92 Å². The van der Waals surface area contributed by atoms with Gasteiger partial charge in [-0.1, -0.05) is 48.0 Å². The molecule has 31 heavy (non-hydrogen) atoms. The quantitative estimate of drug-likeness (QED) is 0.603. The Kier molecular flexibility index (Phi) is 4.71. The number of nitrogens with zero attached hydrogens (tertiary/aromatic N) is 2. The molecule has 5 rings (SSSR count). The Morgan fingerprint density at radius 2 is 1.48 bits per heavy atom. The van der Waals surface area contributed by atoms with Gasteiger partial charge in [0.15, 0.2) is 6.10 Å². The Bertz CT molecular complexity index is 1110. The molecule has 2 saturated heterocycles. The molecule has 3 aromatic rings. The number of hydrogen-bond donors (Lipinski definition) is 0. The largest absolute Gasteiger partial charge is 0.497 e. The lowest BCUT2D eigenvalue weighted by Gasteiger charge is -2.28. The number of methoxy groups -OCH3 is 1. The molecule has 6 heteroatoms. The Morgan fingerprint density at radius 1 is 0.806 bits per heavy atom. The maximum atomic E-state index is 13.5. The van der Waals surface area contributed by atoms with E-state index in [-0.39, 0.29) is 11.8 Å². The minimum atomic E-state index is -0.874. The Balaban J connectivity index is 1.56. The number of ether oxygens (including phenoxy) is 1. The standard InChI is InChI=1S/C25H22N2O4/c1-16-8-10-17(11-9-16)22-21-23(31-27(22)19-6-4-3-5-7-19)25(29)26(24(21)28)18-12-14-20(30-2)15-13-18/h3-15,21-23H,1-2H3/t21-,22-,23-/m1/s1. The number of hydrogen-bond acceptors (Lipinski definition) is 5. The zero-order valence-electron chi connectivity index (χ0n) is 17.3. The van der Waals surface area contributed by atoms with Gasteiger partial charge >= 0.3 is 0 Å². The van der Waals surface area contributed by atoms with Crippen LogP contribution in [0.2, 0.25) is 0 Å². The lowest BCUT2D eigenvalue weighted by molar-refractivity contribution is -0.126. The van der Waals surface area contributed by atoms with E-state index >= 15 is 0 Å². The molecular formula is C25H22N2O4. The van der Waals surface area contributed by atoms with Crippen LogP contribution in [0.25, 0.3) is 0 Å². The van der Waals surface area contributed by atoms with Gasteiger partial charge in [0.1, 0.15) is 11.7 Å². The average Bonchev–Trinajstić information content (AvgIpc) is 3.31.